The number of hydrogen-bond acceptors (Lipinski definition) is 4. The third kappa shape index (κ3) is 5.41. The molecule has 1 aromatic rings. The molecule has 2 rings (SSSR count). The van der Waals surface area contributed by atoms with Gasteiger partial charge in [-0.25, -0.2) is 8.42 Å². The highest BCUT2D eigenvalue weighted by Gasteiger charge is 2.28. The lowest BCUT2D eigenvalue weighted by atomic mass is 10.0. The molecule has 6 nitrogen and oxygen atoms in total. The summed E-state index contributed by atoms with van der Waals surface area (Å²) < 4.78 is 26.9. The second kappa shape index (κ2) is 9.52. The van der Waals surface area contributed by atoms with E-state index in [1.165, 1.54) is 12.1 Å². The van der Waals surface area contributed by atoms with Crippen molar-refractivity contribution in [2.24, 2.45) is 5.92 Å². The van der Waals surface area contributed by atoms with E-state index in [2.05, 4.69) is 12.2 Å². The molecular formula is C17H28ClN3O3S. The van der Waals surface area contributed by atoms with Crippen molar-refractivity contribution in [2.45, 2.75) is 24.7 Å². The minimum absolute atomic E-state index is 0. The molecule has 0 bridgehead atoms. The first-order valence-corrected chi connectivity index (χ1v) is 9.80. The van der Waals surface area contributed by atoms with Crippen LogP contribution in [-0.2, 0) is 10.0 Å². The number of sulfonamides is 1. The fraction of sp³-hybridized carbons (Fsp3) is 0.588. The van der Waals surface area contributed by atoms with Gasteiger partial charge < -0.3 is 10.2 Å². The highest BCUT2D eigenvalue weighted by molar-refractivity contribution is 7.89. The summed E-state index contributed by atoms with van der Waals surface area (Å²) in [5, 5.41) is 2.99. The van der Waals surface area contributed by atoms with Gasteiger partial charge >= 0.3 is 0 Å². The maximum atomic E-state index is 12.7. The number of piperidine rings is 1. The average molecular weight is 390 g/mol. The number of amides is 1. The van der Waals surface area contributed by atoms with Crippen molar-refractivity contribution in [3.8, 4) is 0 Å². The van der Waals surface area contributed by atoms with E-state index < -0.39 is 10.0 Å². The molecular weight excluding hydrogens is 362 g/mol. The Kier molecular flexibility index (Phi) is 8.34. The first kappa shape index (κ1) is 21.9. The number of carbonyl (C=O) groups is 1. The molecule has 142 valence electrons. The molecule has 1 heterocycles. The van der Waals surface area contributed by atoms with Crippen molar-refractivity contribution in [1.29, 1.82) is 0 Å². The van der Waals surface area contributed by atoms with E-state index in [0.29, 0.717) is 37.7 Å². The Bertz CT molecular complexity index is 656. The maximum Gasteiger partial charge on any atom is 0.253 e. The Hall–Kier alpha value is -1.15. The van der Waals surface area contributed by atoms with Crippen molar-refractivity contribution in [3.63, 3.8) is 0 Å². The molecule has 0 atom stereocenters. The van der Waals surface area contributed by atoms with Crippen LogP contribution in [0.25, 0.3) is 0 Å². The van der Waals surface area contributed by atoms with Crippen molar-refractivity contribution >= 4 is 28.3 Å². The standard InChI is InChI=1S/C17H27N3O3S.ClH/c1-14-8-11-20(12-9-14)24(22,23)16-6-4-15(5-7-16)17(21)19(3)13-10-18-2;/h4-7,14,18H,8-13H2,1-3H3;1H. The van der Waals surface area contributed by atoms with E-state index in [1.807, 2.05) is 7.05 Å². The van der Waals surface area contributed by atoms with Gasteiger partial charge in [0.25, 0.3) is 5.91 Å². The normalized spacial score (nSPS) is 16.3. The average Bonchev–Trinajstić information content (AvgIpc) is 2.59. The summed E-state index contributed by atoms with van der Waals surface area (Å²) in [5.74, 6) is 0.464. The summed E-state index contributed by atoms with van der Waals surface area (Å²) in [4.78, 5) is 14.2. The van der Waals surface area contributed by atoms with Crippen LogP contribution in [0.4, 0.5) is 0 Å². The smallest absolute Gasteiger partial charge is 0.253 e. The summed E-state index contributed by atoms with van der Waals surface area (Å²) in [7, 11) is 0.104. The zero-order chi connectivity index (χ0) is 17.7. The Balaban J connectivity index is 0.00000312. The van der Waals surface area contributed by atoms with Gasteiger partial charge in [0.2, 0.25) is 10.0 Å². The van der Waals surface area contributed by atoms with Gasteiger partial charge in [-0.05, 0) is 50.1 Å². The van der Waals surface area contributed by atoms with Gasteiger partial charge in [-0.2, -0.15) is 4.31 Å². The van der Waals surface area contributed by atoms with Crippen LogP contribution in [0.5, 0.6) is 0 Å². The number of nitrogens with one attached hydrogen (secondary N) is 1. The van der Waals surface area contributed by atoms with E-state index in [-0.39, 0.29) is 23.2 Å². The highest BCUT2D eigenvalue weighted by atomic mass is 35.5. The molecule has 1 saturated heterocycles. The van der Waals surface area contributed by atoms with Gasteiger partial charge in [-0.3, -0.25) is 4.79 Å². The van der Waals surface area contributed by atoms with Crippen LogP contribution >= 0.6 is 12.4 Å². The van der Waals surface area contributed by atoms with Gasteiger partial charge in [0.05, 0.1) is 4.90 Å². The number of nitrogens with zero attached hydrogens (tertiary/aromatic N) is 2. The predicted molar refractivity (Wildman–Crippen MR) is 102 cm³/mol. The minimum Gasteiger partial charge on any atom is -0.340 e. The van der Waals surface area contributed by atoms with Crippen LogP contribution < -0.4 is 5.32 Å². The fourth-order valence-electron chi connectivity index (χ4n) is 2.75. The van der Waals surface area contributed by atoms with Gasteiger partial charge in [0, 0.05) is 38.8 Å². The summed E-state index contributed by atoms with van der Waals surface area (Å²) in [6, 6.07) is 6.26. The molecule has 0 aliphatic carbocycles. The molecule has 0 saturated carbocycles. The minimum atomic E-state index is -3.46. The monoisotopic (exact) mass is 389 g/mol. The SMILES string of the molecule is CNCCN(C)C(=O)c1ccc(S(=O)(=O)N2CCC(C)CC2)cc1.Cl. The second-order valence-corrected chi connectivity index (χ2v) is 8.38. The van der Waals surface area contributed by atoms with E-state index in [1.54, 1.807) is 28.4 Å². The molecule has 1 aliphatic rings. The van der Waals surface area contributed by atoms with Gasteiger partial charge in [0.1, 0.15) is 0 Å². The molecule has 1 amide bonds. The number of likely N-dealkylation sites (N-methyl/N-ethyl adjacent to an activating group) is 2. The Morgan fingerprint density at radius 2 is 1.80 bits per heavy atom. The maximum absolute atomic E-state index is 12.7. The van der Waals surface area contributed by atoms with Gasteiger partial charge in [0.15, 0.2) is 0 Å². The predicted octanol–water partition coefficient (Wildman–Crippen LogP) is 1.82. The lowest BCUT2D eigenvalue weighted by Gasteiger charge is -2.29. The van der Waals surface area contributed by atoms with Crippen molar-refractivity contribution in [1.82, 2.24) is 14.5 Å². The first-order chi connectivity index (χ1) is 11.4. The molecule has 1 aromatic carbocycles. The molecule has 8 heteroatoms. The van der Waals surface area contributed by atoms with Gasteiger partial charge in [-0.1, -0.05) is 6.92 Å². The Morgan fingerprint density at radius 3 is 2.32 bits per heavy atom. The summed E-state index contributed by atoms with van der Waals surface area (Å²) in [6.07, 6.45) is 1.79. The highest BCUT2D eigenvalue weighted by Crippen LogP contribution is 2.23. The molecule has 0 unspecified atom stereocenters. The first-order valence-electron chi connectivity index (χ1n) is 8.36. The molecule has 0 aromatic heterocycles. The Labute approximate surface area is 157 Å². The van der Waals surface area contributed by atoms with Crippen LogP contribution in [0.2, 0.25) is 0 Å². The number of rotatable bonds is 6. The quantitative estimate of drug-likeness (QED) is 0.805. The topological polar surface area (TPSA) is 69.7 Å². The number of benzene rings is 1. The lowest BCUT2D eigenvalue weighted by molar-refractivity contribution is 0.0796. The lowest BCUT2D eigenvalue weighted by Crippen LogP contribution is -2.37. The van der Waals surface area contributed by atoms with Crippen LogP contribution in [0, 0.1) is 5.92 Å². The summed E-state index contributed by atoms with van der Waals surface area (Å²) >= 11 is 0. The molecule has 1 fully saturated rings. The number of halogens is 1. The van der Waals surface area contributed by atoms with Crippen LogP contribution in [0.3, 0.4) is 0 Å². The number of hydrogen-bond donors (Lipinski definition) is 1. The molecule has 1 aliphatic heterocycles. The van der Waals surface area contributed by atoms with E-state index in [4.69, 9.17) is 0 Å². The van der Waals surface area contributed by atoms with E-state index in [9.17, 15) is 13.2 Å². The van der Waals surface area contributed by atoms with Gasteiger partial charge in [-0.15, -0.1) is 12.4 Å². The Morgan fingerprint density at radius 1 is 1.24 bits per heavy atom. The van der Waals surface area contributed by atoms with E-state index >= 15 is 0 Å². The van der Waals surface area contributed by atoms with Crippen molar-refractivity contribution in [2.75, 3.05) is 40.3 Å². The summed E-state index contributed by atoms with van der Waals surface area (Å²) in [6.45, 7) is 4.59. The van der Waals surface area contributed by atoms with E-state index in [0.717, 1.165) is 12.8 Å². The molecule has 0 spiro atoms. The van der Waals surface area contributed by atoms with Crippen LogP contribution in [-0.4, -0.2) is 63.8 Å². The summed E-state index contributed by atoms with van der Waals surface area (Å²) in [5.41, 5.74) is 0.500. The number of carbonyl (C=O) groups excluding carboxylic acids is 1. The molecule has 1 N–H and O–H groups in total. The van der Waals surface area contributed by atoms with Crippen LogP contribution in [0.15, 0.2) is 29.2 Å². The zero-order valence-electron chi connectivity index (χ0n) is 15.1. The largest absolute Gasteiger partial charge is 0.340 e. The zero-order valence-corrected chi connectivity index (χ0v) is 16.7. The third-order valence-electron chi connectivity index (χ3n) is 4.53. The molecule has 25 heavy (non-hydrogen) atoms. The third-order valence-corrected chi connectivity index (χ3v) is 6.44. The second-order valence-electron chi connectivity index (χ2n) is 6.44. The molecule has 0 radical (unpaired) electrons. The van der Waals surface area contributed by atoms with Crippen molar-refractivity contribution in [3.05, 3.63) is 29.8 Å². The fourth-order valence-corrected chi connectivity index (χ4v) is 4.21. The van der Waals surface area contributed by atoms with Crippen LogP contribution in [0.1, 0.15) is 30.1 Å². The van der Waals surface area contributed by atoms with Crippen molar-refractivity contribution < 1.29 is 13.2 Å².